The van der Waals surface area contributed by atoms with Gasteiger partial charge >= 0.3 is 5.97 Å². The van der Waals surface area contributed by atoms with Gasteiger partial charge in [-0.2, -0.15) is 0 Å². The fourth-order valence-corrected chi connectivity index (χ4v) is 11.0. The van der Waals surface area contributed by atoms with E-state index in [1.165, 1.54) is 49.1 Å². The van der Waals surface area contributed by atoms with E-state index in [2.05, 4.69) is 76.6 Å². The van der Waals surface area contributed by atoms with Gasteiger partial charge in [0.15, 0.2) is 5.78 Å². The Bertz CT molecular complexity index is 2970. The molecule has 0 aliphatic carbocycles. The Morgan fingerprint density at radius 2 is 0.714 bits per heavy atom. The first-order chi connectivity index (χ1) is 37.4. The second kappa shape index (κ2) is 25.0. The van der Waals surface area contributed by atoms with Crippen LogP contribution in [0.2, 0.25) is 0 Å². The van der Waals surface area contributed by atoms with Crippen molar-refractivity contribution in [1.29, 1.82) is 0 Å². The summed E-state index contributed by atoms with van der Waals surface area (Å²) in [6, 6.07) is 59.6. The molecule has 0 amide bonds. The highest BCUT2D eigenvalue weighted by Gasteiger charge is 2.41. The molecule has 3 unspecified atom stereocenters. The average molecular weight is 1100 g/mol. The summed E-state index contributed by atoms with van der Waals surface area (Å²) in [6.07, 6.45) is 7.17. The molecule has 8 aromatic rings. The smallest absolute Gasteiger partial charge is 0.337 e. The van der Waals surface area contributed by atoms with E-state index < -0.39 is 23.4 Å². The summed E-state index contributed by atoms with van der Waals surface area (Å²) in [5, 5.41) is 8.95. The van der Waals surface area contributed by atoms with Gasteiger partial charge in [-0.15, -0.1) is 0 Å². The Labute approximate surface area is 456 Å². The zero-order valence-corrected chi connectivity index (χ0v) is 44.5. The number of Topliss-reactive ketones (excluding diaryl/α,β-unsaturated/α-hetero) is 1. The van der Waals surface area contributed by atoms with Crippen LogP contribution in [0.5, 0.6) is 0 Å². The first-order valence-electron chi connectivity index (χ1n) is 26.0. The number of aliphatic hydroxyl groups is 1. The third-order valence-corrected chi connectivity index (χ3v) is 15.3. The van der Waals surface area contributed by atoms with E-state index in [0.29, 0.717) is 24.3 Å². The Morgan fingerprint density at radius 1 is 0.442 bits per heavy atom. The number of rotatable bonds is 13. The van der Waals surface area contributed by atoms with Crippen LogP contribution in [0.1, 0.15) is 115 Å². The van der Waals surface area contributed by atoms with Crippen LogP contribution in [0.4, 0.5) is 13.2 Å². The Hall–Kier alpha value is -6.99. The molecule has 3 aliphatic rings. The molecule has 3 heterocycles. The van der Waals surface area contributed by atoms with E-state index in [9.17, 15) is 22.8 Å². The zero-order chi connectivity index (χ0) is 53.8. The average Bonchev–Trinajstić information content (AvgIpc) is 4.29. The number of carbonyl (C=O) groups excluding carboxylic acids is 2. The van der Waals surface area contributed by atoms with Crippen LogP contribution < -0.4 is 0 Å². The second-order valence-electron chi connectivity index (χ2n) is 19.6. The van der Waals surface area contributed by atoms with E-state index in [-0.39, 0.29) is 29.2 Å². The number of ether oxygens (including phenoxy) is 4. The van der Waals surface area contributed by atoms with Gasteiger partial charge < -0.3 is 24.1 Å². The zero-order valence-electron chi connectivity index (χ0n) is 42.9. The van der Waals surface area contributed by atoms with Gasteiger partial charge in [-0.1, -0.05) is 149 Å². The van der Waals surface area contributed by atoms with Gasteiger partial charge in [0.2, 0.25) is 0 Å². The first-order valence-corrected chi connectivity index (χ1v) is 26.8. The third-order valence-electron chi connectivity index (χ3n) is 14.8. The van der Waals surface area contributed by atoms with E-state index in [0.717, 1.165) is 113 Å². The molecule has 0 aromatic heterocycles. The van der Waals surface area contributed by atoms with Gasteiger partial charge in [-0.05, 0) is 168 Å². The molecule has 7 nitrogen and oxygen atoms in total. The number of halogens is 4. The lowest BCUT2D eigenvalue weighted by atomic mass is 9.83. The van der Waals surface area contributed by atoms with E-state index in [1.807, 2.05) is 72.8 Å². The topological polar surface area (TPSA) is 91.3 Å². The lowest BCUT2D eigenvalue weighted by Gasteiger charge is -2.30. The molecule has 394 valence electrons. The number of esters is 1. The molecule has 11 rings (SSSR count). The molecule has 1 N–H and O–H groups in total. The number of methoxy groups -OCH3 is 1. The van der Waals surface area contributed by atoms with Crippen molar-refractivity contribution in [3.8, 4) is 0 Å². The SMILES string of the molecule is COC(=O)c1ccc(Cc2ccc(C3(c4ccc(F)cc4)CCCO3)cc2)cc1.Fc1ccc(C2(c3ccc(Br)cc3)CCCO2)cc1.O=C(CO)c1ccc(Cc2ccc(C3(c4ccc(F)cc4)CCCO3)cc2)cc1. The third kappa shape index (κ3) is 12.7. The molecule has 0 saturated carbocycles. The molecule has 3 aliphatic heterocycles. The van der Waals surface area contributed by atoms with E-state index in [1.54, 1.807) is 24.3 Å². The number of hydrogen-bond acceptors (Lipinski definition) is 7. The minimum Gasteiger partial charge on any atom is -0.465 e. The van der Waals surface area contributed by atoms with Crippen LogP contribution in [-0.2, 0) is 48.6 Å². The lowest BCUT2D eigenvalue weighted by molar-refractivity contribution is 0.0358. The van der Waals surface area contributed by atoms with Crippen LogP contribution in [0.3, 0.4) is 0 Å². The van der Waals surface area contributed by atoms with Crippen LogP contribution in [0.25, 0.3) is 0 Å². The molecule has 8 aromatic carbocycles. The van der Waals surface area contributed by atoms with Gasteiger partial charge in [-0.3, -0.25) is 4.79 Å². The number of carbonyl (C=O) groups is 2. The highest BCUT2D eigenvalue weighted by atomic mass is 79.9. The quantitative estimate of drug-likeness (QED) is 0.0908. The summed E-state index contributed by atoms with van der Waals surface area (Å²) >= 11 is 3.45. The van der Waals surface area contributed by atoms with Gasteiger partial charge in [0.05, 0.1) is 12.7 Å². The van der Waals surface area contributed by atoms with Crippen LogP contribution in [0.15, 0.2) is 199 Å². The van der Waals surface area contributed by atoms with Crippen molar-refractivity contribution in [2.45, 2.75) is 68.2 Å². The minimum atomic E-state index is -0.515. The summed E-state index contributed by atoms with van der Waals surface area (Å²) in [6.45, 7) is 1.66. The predicted molar refractivity (Wildman–Crippen MR) is 295 cm³/mol. The van der Waals surface area contributed by atoms with Crippen molar-refractivity contribution in [1.82, 2.24) is 0 Å². The van der Waals surface area contributed by atoms with Crippen LogP contribution in [0, 0.1) is 17.5 Å². The predicted octanol–water partition coefficient (Wildman–Crippen LogP) is 14.5. The molecule has 0 radical (unpaired) electrons. The van der Waals surface area contributed by atoms with Crippen molar-refractivity contribution >= 4 is 27.7 Å². The second-order valence-corrected chi connectivity index (χ2v) is 20.5. The van der Waals surface area contributed by atoms with E-state index >= 15 is 0 Å². The summed E-state index contributed by atoms with van der Waals surface area (Å²) in [7, 11) is 1.38. The maximum absolute atomic E-state index is 13.4. The summed E-state index contributed by atoms with van der Waals surface area (Å²) in [4.78, 5) is 23.1. The normalized spacial score (nSPS) is 19.6. The van der Waals surface area contributed by atoms with Gasteiger partial charge in [0.1, 0.15) is 40.9 Å². The maximum Gasteiger partial charge on any atom is 0.337 e. The number of aliphatic hydroxyl groups excluding tert-OH is 1. The van der Waals surface area contributed by atoms with Gasteiger partial charge in [0, 0.05) is 29.9 Å². The van der Waals surface area contributed by atoms with Crippen molar-refractivity contribution in [3.05, 3.63) is 283 Å². The fraction of sp³-hybridized carbons (Fsp3) is 0.242. The molecular formula is C66H60BrF3O7. The summed E-state index contributed by atoms with van der Waals surface area (Å²) in [5.41, 5.74) is 10.5. The lowest BCUT2D eigenvalue weighted by Crippen LogP contribution is -2.26. The van der Waals surface area contributed by atoms with Gasteiger partial charge in [-0.25, -0.2) is 18.0 Å². The minimum absolute atomic E-state index is 0.215. The van der Waals surface area contributed by atoms with Crippen LogP contribution in [-0.4, -0.2) is 50.4 Å². The van der Waals surface area contributed by atoms with Crippen LogP contribution >= 0.6 is 15.9 Å². The highest BCUT2D eigenvalue weighted by Crippen LogP contribution is 2.45. The van der Waals surface area contributed by atoms with Crippen molar-refractivity contribution < 1.29 is 46.8 Å². The first kappa shape index (κ1) is 54.8. The van der Waals surface area contributed by atoms with Crippen molar-refractivity contribution in [2.75, 3.05) is 33.5 Å². The molecule has 3 fully saturated rings. The molecule has 0 bridgehead atoms. The maximum atomic E-state index is 13.4. The molecule has 77 heavy (non-hydrogen) atoms. The molecule has 11 heteroatoms. The van der Waals surface area contributed by atoms with E-state index in [4.69, 9.17) is 24.1 Å². The van der Waals surface area contributed by atoms with Gasteiger partial charge in [0.25, 0.3) is 0 Å². The fourth-order valence-electron chi connectivity index (χ4n) is 10.7. The number of hydrogen-bond donors (Lipinski definition) is 1. The number of benzene rings is 8. The summed E-state index contributed by atoms with van der Waals surface area (Å²) in [5.74, 6) is -1.31. The Morgan fingerprint density at radius 3 is 0.987 bits per heavy atom. The standard InChI is InChI=1S/2C25H23FO3.C16H14BrFO/c1-28-24(27)20-7-3-18(4-8-20)17-19-5-9-21(10-6-19)25(15-2-16-29-25)22-11-13-23(26)14-12-22;26-23-12-10-22(11-13-23)25(14-1-15-29-25)21-8-4-19(5-9-21)16-18-2-6-20(7-3-18)24(28)17-27;17-14-6-2-12(3-7-14)16(10-1-11-19-16)13-4-8-15(18)9-5-13/h3-14H,2,15-17H2,1H3;2-13,27H,1,14-17H2;2-9H,1,10-11H2. The molecule has 3 saturated heterocycles. The van der Waals surface area contributed by atoms with Crippen molar-refractivity contribution in [2.24, 2.45) is 0 Å². The monoisotopic (exact) mass is 1100 g/mol. The molecule has 3 atom stereocenters. The highest BCUT2D eigenvalue weighted by molar-refractivity contribution is 9.10. The largest absolute Gasteiger partial charge is 0.465 e. The Kier molecular flexibility index (Phi) is 17.8. The molecular weight excluding hydrogens is 1040 g/mol. The molecule has 0 spiro atoms. The number of ketones is 1. The van der Waals surface area contributed by atoms with Crippen molar-refractivity contribution in [3.63, 3.8) is 0 Å². The Balaban J connectivity index is 0.000000144. The summed E-state index contributed by atoms with van der Waals surface area (Å²) < 4.78 is 64.1.